The maximum atomic E-state index is 12.8. The van der Waals surface area contributed by atoms with Gasteiger partial charge in [0, 0.05) is 31.6 Å². The Hall–Kier alpha value is -2.18. The molecule has 1 saturated heterocycles. The van der Waals surface area contributed by atoms with Crippen LogP contribution in [0.15, 0.2) is 34.9 Å². The minimum Gasteiger partial charge on any atom is -0.379 e. The zero-order valence-electron chi connectivity index (χ0n) is 16.4. The SMILES string of the molecule is Cc1noc(C(C)C)c1C(=O)NCC(Cc1ccccc1)N1CCOCC1. The molecule has 1 aliphatic heterocycles. The molecule has 6 nitrogen and oxygen atoms in total. The van der Waals surface area contributed by atoms with Crippen molar-refractivity contribution < 1.29 is 14.1 Å². The van der Waals surface area contributed by atoms with Crippen LogP contribution < -0.4 is 5.32 Å². The Bertz CT molecular complexity index is 736. The van der Waals surface area contributed by atoms with E-state index in [0.717, 1.165) is 32.7 Å². The molecule has 0 saturated carbocycles. The third-order valence-electron chi connectivity index (χ3n) is 5.02. The van der Waals surface area contributed by atoms with Gasteiger partial charge in [-0.15, -0.1) is 0 Å². The van der Waals surface area contributed by atoms with Gasteiger partial charge in [-0.2, -0.15) is 0 Å². The third kappa shape index (κ3) is 4.96. The summed E-state index contributed by atoms with van der Waals surface area (Å²) in [6, 6.07) is 10.6. The lowest BCUT2D eigenvalue weighted by atomic mass is 10.0. The Labute approximate surface area is 160 Å². The summed E-state index contributed by atoms with van der Waals surface area (Å²) in [7, 11) is 0. The van der Waals surface area contributed by atoms with Crippen molar-refractivity contribution in [1.82, 2.24) is 15.4 Å². The molecule has 1 unspecified atom stereocenters. The molecular formula is C21H29N3O3. The van der Waals surface area contributed by atoms with Crippen molar-refractivity contribution in [2.24, 2.45) is 0 Å². The van der Waals surface area contributed by atoms with Crippen molar-refractivity contribution in [2.45, 2.75) is 39.2 Å². The maximum absolute atomic E-state index is 12.8. The van der Waals surface area contributed by atoms with E-state index in [0.29, 0.717) is 23.6 Å². The molecule has 1 amide bonds. The second-order valence-corrected chi connectivity index (χ2v) is 7.36. The predicted octanol–water partition coefficient (Wildman–Crippen LogP) is 2.78. The fraction of sp³-hybridized carbons (Fsp3) is 0.524. The second-order valence-electron chi connectivity index (χ2n) is 7.36. The fourth-order valence-electron chi connectivity index (χ4n) is 3.52. The van der Waals surface area contributed by atoms with E-state index in [2.05, 4.69) is 39.6 Å². The normalized spacial score (nSPS) is 16.4. The van der Waals surface area contributed by atoms with E-state index >= 15 is 0 Å². The molecule has 3 rings (SSSR count). The summed E-state index contributed by atoms with van der Waals surface area (Å²) in [6.07, 6.45) is 0.890. The lowest BCUT2D eigenvalue weighted by molar-refractivity contribution is 0.0167. The summed E-state index contributed by atoms with van der Waals surface area (Å²) in [5.74, 6) is 0.658. The molecule has 1 atom stereocenters. The van der Waals surface area contributed by atoms with Gasteiger partial charge in [0.25, 0.3) is 5.91 Å². The highest BCUT2D eigenvalue weighted by Crippen LogP contribution is 2.22. The summed E-state index contributed by atoms with van der Waals surface area (Å²) >= 11 is 0. The number of nitrogens with one attached hydrogen (secondary N) is 1. The van der Waals surface area contributed by atoms with E-state index in [1.54, 1.807) is 0 Å². The number of morpholine rings is 1. The highest BCUT2D eigenvalue weighted by atomic mass is 16.5. The van der Waals surface area contributed by atoms with E-state index in [1.807, 2.05) is 26.8 Å². The number of carbonyl (C=O) groups is 1. The molecule has 1 aliphatic rings. The number of ether oxygens (including phenoxy) is 1. The van der Waals surface area contributed by atoms with Crippen molar-refractivity contribution in [2.75, 3.05) is 32.8 Å². The first-order valence-electron chi connectivity index (χ1n) is 9.66. The Morgan fingerprint density at radius 1 is 1.22 bits per heavy atom. The standard InChI is InChI=1S/C21H29N3O3/c1-15(2)20-19(16(3)23-27-20)21(25)22-14-18(24-9-11-26-12-10-24)13-17-7-5-4-6-8-17/h4-8,15,18H,9-14H2,1-3H3,(H,22,25). The molecule has 0 spiro atoms. The molecule has 2 aromatic rings. The number of aromatic nitrogens is 1. The average molecular weight is 371 g/mol. The third-order valence-corrected chi connectivity index (χ3v) is 5.02. The van der Waals surface area contributed by atoms with Gasteiger partial charge in [0.15, 0.2) is 5.76 Å². The molecule has 2 heterocycles. The van der Waals surface area contributed by atoms with Crippen molar-refractivity contribution in [1.29, 1.82) is 0 Å². The van der Waals surface area contributed by atoms with Gasteiger partial charge >= 0.3 is 0 Å². The molecule has 0 radical (unpaired) electrons. The quantitative estimate of drug-likeness (QED) is 0.811. The van der Waals surface area contributed by atoms with Crippen LogP contribution in [-0.2, 0) is 11.2 Å². The van der Waals surface area contributed by atoms with Crippen LogP contribution in [0.25, 0.3) is 0 Å². The summed E-state index contributed by atoms with van der Waals surface area (Å²) in [6.45, 7) is 9.64. The monoisotopic (exact) mass is 371 g/mol. The average Bonchev–Trinajstić information content (AvgIpc) is 3.08. The highest BCUT2D eigenvalue weighted by molar-refractivity contribution is 5.96. The smallest absolute Gasteiger partial charge is 0.256 e. The number of amides is 1. The van der Waals surface area contributed by atoms with Crippen LogP contribution in [0.3, 0.4) is 0 Å². The molecule has 6 heteroatoms. The number of nitrogens with zero attached hydrogens (tertiary/aromatic N) is 2. The van der Waals surface area contributed by atoms with Crippen molar-refractivity contribution >= 4 is 5.91 Å². The zero-order chi connectivity index (χ0) is 19.2. The molecule has 0 bridgehead atoms. The topological polar surface area (TPSA) is 67.6 Å². The Kier molecular flexibility index (Phi) is 6.63. The van der Waals surface area contributed by atoms with E-state index in [1.165, 1.54) is 5.56 Å². The van der Waals surface area contributed by atoms with Gasteiger partial charge < -0.3 is 14.6 Å². The summed E-state index contributed by atoms with van der Waals surface area (Å²) < 4.78 is 10.9. The second kappa shape index (κ2) is 9.15. The number of rotatable bonds is 7. The predicted molar refractivity (Wildman–Crippen MR) is 104 cm³/mol. The molecule has 1 aromatic carbocycles. The number of aryl methyl sites for hydroxylation is 1. The molecule has 27 heavy (non-hydrogen) atoms. The molecular weight excluding hydrogens is 342 g/mol. The molecule has 1 fully saturated rings. The minimum atomic E-state index is -0.108. The lowest BCUT2D eigenvalue weighted by Crippen LogP contribution is -2.49. The zero-order valence-corrected chi connectivity index (χ0v) is 16.4. The Balaban J connectivity index is 1.70. The van der Waals surface area contributed by atoms with Crippen molar-refractivity contribution in [3.63, 3.8) is 0 Å². The summed E-state index contributed by atoms with van der Waals surface area (Å²) in [5.41, 5.74) is 2.49. The van der Waals surface area contributed by atoms with E-state index in [-0.39, 0.29) is 17.9 Å². The van der Waals surface area contributed by atoms with Gasteiger partial charge in [-0.3, -0.25) is 9.69 Å². The van der Waals surface area contributed by atoms with Crippen LogP contribution in [0.1, 0.15) is 47.1 Å². The van der Waals surface area contributed by atoms with Crippen molar-refractivity contribution in [3.8, 4) is 0 Å². The first kappa shape index (κ1) is 19.6. The van der Waals surface area contributed by atoms with Crippen molar-refractivity contribution in [3.05, 3.63) is 52.9 Å². The highest BCUT2D eigenvalue weighted by Gasteiger charge is 2.25. The van der Waals surface area contributed by atoms with Gasteiger partial charge in [0.1, 0.15) is 5.56 Å². The van der Waals surface area contributed by atoms with Gasteiger partial charge in [-0.05, 0) is 18.9 Å². The van der Waals surface area contributed by atoms with Crippen LogP contribution in [0.4, 0.5) is 0 Å². The van der Waals surface area contributed by atoms with Crippen LogP contribution >= 0.6 is 0 Å². The van der Waals surface area contributed by atoms with E-state index < -0.39 is 0 Å². The van der Waals surface area contributed by atoms with Gasteiger partial charge in [0.2, 0.25) is 0 Å². The Morgan fingerprint density at radius 2 is 1.93 bits per heavy atom. The number of carbonyl (C=O) groups excluding carboxylic acids is 1. The van der Waals surface area contributed by atoms with E-state index in [9.17, 15) is 4.79 Å². The minimum absolute atomic E-state index is 0.108. The van der Waals surface area contributed by atoms with Crippen LogP contribution in [0.2, 0.25) is 0 Å². The van der Waals surface area contributed by atoms with Crippen LogP contribution in [0.5, 0.6) is 0 Å². The molecule has 146 valence electrons. The molecule has 1 N–H and O–H groups in total. The summed E-state index contributed by atoms with van der Waals surface area (Å²) in [4.78, 5) is 15.2. The number of hydrogen-bond acceptors (Lipinski definition) is 5. The van der Waals surface area contributed by atoms with Crippen LogP contribution in [0, 0.1) is 6.92 Å². The first-order chi connectivity index (χ1) is 13.1. The first-order valence-corrected chi connectivity index (χ1v) is 9.66. The fourth-order valence-corrected chi connectivity index (χ4v) is 3.52. The van der Waals surface area contributed by atoms with Gasteiger partial charge in [-0.1, -0.05) is 49.3 Å². The summed E-state index contributed by atoms with van der Waals surface area (Å²) in [5, 5.41) is 7.10. The lowest BCUT2D eigenvalue weighted by Gasteiger charge is -2.34. The largest absolute Gasteiger partial charge is 0.379 e. The Morgan fingerprint density at radius 3 is 2.59 bits per heavy atom. The number of hydrogen-bond donors (Lipinski definition) is 1. The van der Waals surface area contributed by atoms with Gasteiger partial charge in [0.05, 0.1) is 18.9 Å². The van der Waals surface area contributed by atoms with Crippen LogP contribution in [-0.4, -0.2) is 54.9 Å². The maximum Gasteiger partial charge on any atom is 0.256 e. The molecule has 1 aromatic heterocycles. The van der Waals surface area contributed by atoms with E-state index in [4.69, 9.17) is 9.26 Å². The number of benzene rings is 1. The van der Waals surface area contributed by atoms with Gasteiger partial charge in [-0.25, -0.2) is 0 Å². The molecule has 0 aliphatic carbocycles.